The lowest BCUT2D eigenvalue weighted by atomic mass is 10.0. The number of carbonyl (C=O) groups excluding carboxylic acids is 2. The van der Waals surface area contributed by atoms with E-state index >= 15 is 0 Å². The molecule has 0 heterocycles. The van der Waals surface area contributed by atoms with Crippen LogP contribution >= 0.6 is 0 Å². The van der Waals surface area contributed by atoms with Gasteiger partial charge in [-0.05, 0) is 38.0 Å². The molecule has 5 nitrogen and oxygen atoms in total. The molecule has 0 unspecified atom stereocenters. The lowest BCUT2D eigenvalue weighted by Gasteiger charge is -2.10. The summed E-state index contributed by atoms with van der Waals surface area (Å²) in [5.74, 6) is -2.33. The molecule has 1 N–H and O–H groups in total. The summed E-state index contributed by atoms with van der Waals surface area (Å²) in [4.78, 5) is 23.6. The zero-order chi connectivity index (χ0) is 15.3. The number of nitriles is 1. The Morgan fingerprint density at radius 3 is 2.60 bits per heavy atom. The third-order valence-electron chi connectivity index (χ3n) is 3.05. The van der Waals surface area contributed by atoms with Crippen molar-refractivity contribution in [1.82, 2.24) is 0 Å². The normalized spacial score (nSPS) is 11.3. The molecular weight excluding hydrogens is 256 g/mol. The van der Waals surface area contributed by atoms with Crippen molar-refractivity contribution in [2.75, 3.05) is 6.61 Å². The molecule has 0 bridgehead atoms. The Labute approximate surface area is 117 Å². The van der Waals surface area contributed by atoms with Crippen molar-refractivity contribution >= 4 is 17.5 Å². The third kappa shape index (κ3) is 3.51. The van der Waals surface area contributed by atoms with Crippen LogP contribution in [0.4, 0.5) is 0 Å². The van der Waals surface area contributed by atoms with Gasteiger partial charge in [-0.25, -0.2) is 4.79 Å². The number of hydrogen-bond donors (Lipinski definition) is 1. The Bertz CT molecular complexity index is 600. The molecule has 20 heavy (non-hydrogen) atoms. The highest BCUT2D eigenvalue weighted by molar-refractivity contribution is 6.06. The fraction of sp³-hybridized carbons (Fsp3) is 0.333. The van der Waals surface area contributed by atoms with Crippen LogP contribution in [0.2, 0.25) is 0 Å². The van der Waals surface area contributed by atoms with Gasteiger partial charge in [0, 0.05) is 5.71 Å². The summed E-state index contributed by atoms with van der Waals surface area (Å²) < 4.78 is 4.92. The van der Waals surface area contributed by atoms with Gasteiger partial charge in [0.2, 0.25) is 0 Å². The molecule has 0 saturated carbocycles. The maximum atomic E-state index is 11.9. The maximum Gasteiger partial charge on any atom is 0.338 e. The second-order valence-corrected chi connectivity index (χ2v) is 4.54. The number of aryl methyl sites for hydroxylation is 1. The van der Waals surface area contributed by atoms with Gasteiger partial charge in [0.05, 0.1) is 11.6 Å². The standard InChI is InChI=1S/C15H16N2O3/c1-9-5-4-6-12(10(9)2)15(19)20-8-14(18)13(7-16)11(3)17/h4-6,13,17H,8H2,1-3H3/t13-/m0/s1. The Hall–Kier alpha value is -2.48. The first-order valence-corrected chi connectivity index (χ1v) is 6.09. The number of ketones is 1. The van der Waals surface area contributed by atoms with Gasteiger partial charge in [-0.3, -0.25) is 4.79 Å². The molecule has 5 heteroatoms. The van der Waals surface area contributed by atoms with Gasteiger partial charge >= 0.3 is 5.97 Å². The highest BCUT2D eigenvalue weighted by atomic mass is 16.5. The molecule has 0 amide bonds. The molecule has 1 aromatic carbocycles. The molecule has 1 aromatic rings. The lowest BCUT2D eigenvalue weighted by molar-refractivity contribution is -0.122. The first-order valence-electron chi connectivity index (χ1n) is 6.09. The second-order valence-electron chi connectivity index (χ2n) is 4.54. The molecule has 0 radical (unpaired) electrons. The van der Waals surface area contributed by atoms with Gasteiger partial charge < -0.3 is 10.1 Å². The molecule has 104 valence electrons. The second kappa shape index (κ2) is 6.62. The van der Waals surface area contributed by atoms with Crippen LogP contribution in [0.5, 0.6) is 0 Å². The molecule has 0 aliphatic heterocycles. The maximum absolute atomic E-state index is 11.9. The van der Waals surface area contributed by atoms with E-state index in [9.17, 15) is 9.59 Å². The van der Waals surface area contributed by atoms with Crippen molar-refractivity contribution in [2.45, 2.75) is 20.8 Å². The predicted molar refractivity (Wildman–Crippen MR) is 73.7 cm³/mol. The van der Waals surface area contributed by atoms with Crippen molar-refractivity contribution in [1.29, 1.82) is 10.7 Å². The lowest BCUT2D eigenvalue weighted by Crippen LogP contribution is -2.25. The zero-order valence-corrected chi connectivity index (χ0v) is 11.7. The summed E-state index contributed by atoms with van der Waals surface area (Å²) in [5, 5.41) is 16.1. The van der Waals surface area contributed by atoms with E-state index in [2.05, 4.69) is 0 Å². The number of Topliss-reactive ketones (excluding diaryl/α,β-unsaturated/α-hetero) is 1. The van der Waals surface area contributed by atoms with Gasteiger partial charge in [0.25, 0.3) is 0 Å². The Kier molecular flexibility index (Phi) is 5.15. The first-order chi connectivity index (χ1) is 9.38. The fourth-order valence-corrected chi connectivity index (χ4v) is 1.68. The SMILES string of the molecule is CC(=N)[C@H](C#N)C(=O)COC(=O)c1cccc(C)c1C. The number of carbonyl (C=O) groups is 2. The van der Waals surface area contributed by atoms with Crippen LogP contribution < -0.4 is 0 Å². The van der Waals surface area contributed by atoms with Gasteiger partial charge in [-0.1, -0.05) is 12.1 Å². The van der Waals surface area contributed by atoms with Gasteiger partial charge in [0.15, 0.2) is 12.4 Å². The number of hydrogen-bond acceptors (Lipinski definition) is 5. The fourth-order valence-electron chi connectivity index (χ4n) is 1.68. The Balaban J connectivity index is 2.74. The molecular formula is C15H16N2O3. The average Bonchev–Trinajstić information content (AvgIpc) is 2.39. The number of nitrogens with one attached hydrogen (secondary N) is 1. The summed E-state index contributed by atoms with van der Waals surface area (Å²) in [6.07, 6.45) is 0. The van der Waals surface area contributed by atoms with E-state index in [1.165, 1.54) is 6.92 Å². The topological polar surface area (TPSA) is 91.0 Å². The first kappa shape index (κ1) is 15.6. The van der Waals surface area contributed by atoms with Crippen LogP contribution in [0, 0.1) is 36.5 Å². The third-order valence-corrected chi connectivity index (χ3v) is 3.05. The Morgan fingerprint density at radius 1 is 1.40 bits per heavy atom. The van der Waals surface area contributed by atoms with E-state index in [0.717, 1.165) is 11.1 Å². The van der Waals surface area contributed by atoms with E-state index in [4.69, 9.17) is 15.4 Å². The number of rotatable bonds is 5. The van der Waals surface area contributed by atoms with Crippen molar-refractivity contribution in [3.05, 3.63) is 34.9 Å². The molecule has 0 spiro atoms. The van der Waals surface area contributed by atoms with Crippen LogP contribution in [0.15, 0.2) is 18.2 Å². The zero-order valence-electron chi connectivity index (χ0n) is 11.7. The summed E-state index contributed by atoms with van der Waals surface area (Å²) >= 11 is 0. The molecule has 0 aliphatic carbocycles. The molecule has 1 rings (SSSR count). The van der Waals surface area contributed by atoms with Crippen LogP contribution in [-0.4, -0.2) is 24.1 Å². The number of benzene rings is 1. The van der Waals surface area contributed by atoms with Crippen molar-refractivity contribution in [3.8, 4) is 6.07 Å². The molecule has 1 atom stereocenters. The Morgan fingerprint density at radius 2 is 2.05 bits per heavy atom. The minimum Gasteiger partial charge on any atom is -0.454 e. The largest absolute Gasteiger partial charge is 0.454 e. The van der Waals surface area contributed by atoms with Crippen LogP contribution in [0.25, 0.3) is 0 Å². The monoisotopic (exact) mass is 272 g/mol. The highest BCUT2D eigenvalue weighted by Crippen LogP contribution is 2.14. The smallest absolute Gasteiger partial charge is 0.338 e. The quantitative estimate of drug-likeness (QED) is 0.657. The van der Waals surface area contributed by atoms with Crippen molar-refractivity contribution in [2.24, 2.45) is 5.92 Å². The average molecular weight is 272 g/mol. The van der Waals surface area contributed by atoms with Crippen LogP contribution in [-0.2, 0) is 9.53 Å². The summed E-state index contributed by atoms with van der Waals surface area (Å²) in [5.41, 5.74) is 2.10. The van der Waals surface area contributed by atoms with Gasteiger partial charge in [-0.2, -0.15) is 5.26 Å². The highest BCUT2D eigenvalue weighted by Gasteiger charge is 2.22. The summed E-state index contributed by atoms with van der Waals surface area (Å²) in [7, 11) is 0. The molecule has 0 aliphatic rings. The van der Waals surface area contributed by atoms with Gasteiger partial charge in [0.1, 0.15) is 5.92 Å². The van der Waals surface area contributed by atoms with Crippen LogP contribution in [0.1, 0.15) is 28.4 Å². The number of esters is 1. The molecule has 0 aromatic heterocycles. The van der Waals surface area contributed by atoms with Gasteiger partial charge in [-0.15, -0.1) is 0 Å². The van der Waals surface area contributed by atoms with E-state index < -0.39 is 24.3 Å². The number of nitrogens with zero attached hydrogens (tertiary/aromatic N) is 1. The minimum absolute atomic E-state index is 0.0553. The van der Waals surface area contributed by atoms with E-state index in [1.807, 2.05) is 13.0 Å². The van der Waals surface area contributed by atoms with Crippen LogP contribution in [0.3, 0.4) is 0 Å². The van der Waals surface area contributed by atoms with Crippen molar-refractivity contribution < 1.29 is 14.3 Å². The molecule has 0 fully saturated rings. The van der Waals surface area contributed by atoms with E-state index in [-0.39, 0.29) is 5.71 Å². The number of ether oxygens (including phenoxy) is 1. The summed E-state index contributed by atoms with van der Waals surface area (Å²) in [6, 6.07) is 6.96. The summed E-state index contributed by atoms with van der Waals surface area (Å²) in [6.45, 7) is 4.55. The van der Waals surface area contributed by atoms with E-state index in [0.29, 0.717) is 5.56 Å². The van der Waals surface area contributed by atoms with Crippen molar-refractivity contribution in [3.63, 3.8) is 0 Å². The predicted octanol–water partition coefficient (Wildman–Crippen LogP) is 2.21. The van der Waals surface area contributed by atoms with E-state index in [1.54, 1.807) is 25.1 Å². The molecule has 0 saturated heterocycles. The minimum atomic E-state index is -1.15.